The fraction of sp³-hybridized carbons (Fsp3) is 0.375. The Balaban J connectivity index is 2.37. The number of halogens is 2. The van der Waals surface area contributed by atoms with E-state index in [0.717, 1.165) is 41.4 Å². The number of benzene rings is 1. The SMILES string of the molecule is CCNc1nc(Cc2ccc(Cl)cc2Cl)nc(CC)c1C. The lowest BCUT2D eigenvalue weighted by molar-refractivity contribution is 0.887. The third kappa shape index (κ3) is 3.86. The molecule has 0 atom stereocenters. The average molecular weight is 324 g/mol. The molecule has 1 N–H and O–H groups in total. The van der Waals surface area contributed by atoms with Gasteiger partial charge in [0, 0.05) is 34.3 Å². The first-order valence-corrected chi connectivity index (χ1v) is 7.84. The van der Waals surface area contributed by atoms with Crippen LogP contribution >= 0.6 is 23.2 Å². The molecule has 2 rings (SSSR count). The molecule has 0 aliphatic carbocycles. The van der Waals surface area contributed by atoms with Gasteiger partial charge < -0.3 is 5.32 Å². The number of hydrogen-bond donors (Lipinski definition) is 1. The summed E-state index contributed by atoms with van der Waals surface area (Å²) in [5, 5.41) is 4.58. The molecule has 2 aromatic rings. The summed E-state index contributed by atoms with van der Waals surface area (Å²) in [7, 11) is 0. The summed E-state index contributed by atoms with van der Waals surface area (Å²) < 4.78 is 0. The van der Waals surface area contributed by atoms with Crippen molar-refractivity contribution in [2.75, 3.05) is 11.9 Å². The predicted octanol–water partition coefficient (Wildman–Crippen LogP) is 4.68. The molecule has 112 valence electrons. The maximum atomic E-state index is 6.23. The van der Waals surface area contributed by atoms with E-state index in [1.165, 1.54) is 0 Å². The highest BCUT2D eigenvalue weighted by Gasteiger charge is 2.11. The van der Waals surface area contributed by atoms with Gasteiger partial charge in [-0.1, -0.05) is 36.2 Å². The van der Waals surface area contributed by atoms with Crippen molar-refractivity contribution in [2.45, 2.75) is 33.6 Å². The van der Waals surface area contributed by atoms with Crippen molar-refractivity contribution in [3.63, 3.8) is 0 Å². The Morgan fingerprint density at radius 1 is 1.14 bits per heavy atom. The highest BCUT2D eigenvalue weighted by molar-refractivity contribution is 6.35. The van der Waals surface area contributed by atoms with Gasteiger partial charge in [0.15, 0.2) is 0 Å². The molecule has 1 aromatic heterocycles. The topological polar surface area (TPSA) is 37.8 Å². The molecule has 0 spiro atoms. The number of aryl methyl sites for hydroxylation is 1. The first-order chi connectivity index (χ1) is 10.0. The van der Waals surface area contributed by atoms with Crippen LogP contribution in [0.2, 0.25) is 10.0 Å². The molecular formula is C16H19Cl2N3. The largest absolute Gasteiger partial charge is 0.370 e. The van der Waals surface area contributed by atoms with Gasteiger partial charge in [0.25, 0.3) is 0 Å². The van der Waals surface area contributed by atoms with Crippen LogP contribution in [0.3, 0.4) is 0 Å². The first-order valence-electron chi connectivity index (χ1n) is 7.09. The fourth-order valence-electron chi connectivity index (χ4n) is 2.21. The van der Waals surface area contributed by atoms with Crippen molar-refractivity contribution in [1.82, 2.24) is 9.97 Å². The van der Waals surface area contributed by atoms with Gasteiger partial charge in [-0.05, 0) is 38.0 Å². The lowest BCUT2D eigenvalue weighted by Gasteiger charge is -2.13. The van der Waals surface area contributed by atoms with Crippen LogP contribution in [0.1, 0.15) is 36.5 Å². The molecule has 0 aliphatic heterocycles. The van der Waals surface area contributed by atoms with Gasteiger partial charge in [0.2, 0.25) is 0 Å². The van der Waals surface area contributed by atoms with Crippen molar-refractivity contribution < 1.29 is 0 Å². The molecular weight excluding hydrogens is 305 g/mol. The minimum Gasteiger partial charge on any atom is -0.370 e. The monoisotopic (exact) mass is 323 g/mol. The lowest BCUT2D eigenvalue weighted by Crippen LogP contribution is -2.09. The van der Waals surface area contributed by atoms with Crippen LogP contribution in [-0.4, -0.2) is 16.5 Å². The van der Waals surface area contributed by atoms with Crippen LogP contribution < -0.4 is 5.32 Å². The number of hydrogen-bond acceptors (Lipinski definition) is 3. The maximum absolute atomic E-state index is 6.23. The minimum absolute atomic E-state index is 0.599. The summed E-state index contributed by atoms with van der Waals surface area (Å²) in [5.74, 6) is 1.68. The fourth-order valence-corrected chi connectivity index (χ4v) is 2.69. The molecule has 5 heteroatoms. The Morgan fingerprint density at radius 3 is 2.52 bits per heavy atom. The number of anilines is 1. The predicted molar refractivity (Wildman–Crippen MR) is 89.6 cm³/mol. The van der Waals surface area contributed by atoms with Crippen LogP contribution in [0.25, 0.3) is 0 Å². The number of nitrogens with zero attached hydrogens (tertiary/aromatic N) is 2. The molecule has 21 heavy (non-hydrogen) atoms. The Kier molecular flexibility index (Phi) is 5.43. The van der Waals surface area contributed by atoms with E-state index in [-0.39, 0.29) is 0 Å². The zero-order chi connectivity index (χ0) is 15.4. The highest BCUT2D eigenvalue weighted by atomic mass is 35.5. The molecule has 3 nitrogen and oxygen atoms in total. The van der Waals surface area contributed by atoms with Crippen molar-refractivity contribution in [2.24, 2.45) is 0 Å². The van der Waals surface area contributed by atoms with E-state index in [9.17, 15) is 0 Å². The van der Waals surface area contributed by atoms with Crippen molar-refractivity contribution >= 4 is 29.0 Å². The maximum Gasteiger partial charge on any atom is 0.135 e. The molecule has 0 bridgehead atoms. The van der Waals surface area contributed by atoms with Crippen molar-refractivity contribution in [3.8, 4) is 0 Å². The summed E-state index contributed by atoms with van der Waals surface area (Å²) in [6, 6.07) is 5.51. The molecule has 0 saturated heterocycles. The quantitative estimate of drug-likeness (QED) is 0.868. The van der Waals surface area contributed by atoms with Gasteiger partial charge in [0.05, 0.1) is 0 Å². The molecule has 0 radical (unpaired) electrons. The third-order valence-corrected chi connectivity index (χ3v) is 3.92. The average Bonchev–Trinajstić information content (AvgIpc) is 2.45. The van der Waals surface area contributed by atoms with E-state index < -0.39 is 0 Å². The Bertz CT molecular complexity index is 642. The summed E-state index contributed by atoms with van der Waals surface area (Å²) in [5.41, 5.74) is 3.17. The van der Waals surface area contributed by atoms with Gasteiger partial charge in [-0.3, -0.25) is 0 Å². The number of aromatic nitrogens is 2. The molecule has 0 aliphatic rings. The third-order valence-electron chi connectivity index (χ3n) is 3.34. The van der Waals surface area contributed by atoms with Crippen molar-refractivity contribution in [1.29, 1.82) is 0 Å². The minimum atomic E-state index is 0.599. The molecule has 0 fully saturated rings. The zero-order valence-electron chi connectivity index (χ0n) is 12.5. The zero-order valence-corrected chi connectivity index (χ0v) is 14.0. The first kappa shape index (κ1) is 16.1. The molecule has 1 aromatic carbocycles. The van der Waals surface area contributed by atoms with Crippen molar-refractivity contribution in [3.05, 3.63) is 50.9 Å². The summed E-state index contributed by atoms with van der Waals surface area (Å²) in [6.45, 7) is 7.05. The second-order valence-electron chi connectivity index (χ2n) is 4.86. The van der Waals surface area contributed by atoms with Crippen LogP contribution in [0.4, 0.5) is 5.82 Å². The van der Waals surface area contributed by atoms with Crippen LogP contribution in [0, 0.1) is 6.92 Å². The second kappa shape index (κ2) is 7.10. The van der Waals surface area contributed by atoms with E-state index in [4.69, 9.17) is 23.2 Å². The van der Waals surface area contributed by atoms with E-state index in [0.29, 0.717) is 16.5 Å². The van der Waals surface area contributed by atoms with Gasteiger partial charge in [-0.15, -0.1) is 0 Å². The van der Waals surface area contributed by atoms with Crippen LogP contribution in [0.15, 0.2) is 18.2 Å². The molecule has 0 amide bonds. The van der Waals surface area contributed by atoms with Gasteiger partial charge >= 0.3 is 0 Å². The summed E-state index contributed by atoms with van der Waals surface area (Å²) in [4.78, 5) is 9.27. The van der Waals surface area contributed by atoms with Gasteiger partial charge in [-0.25, -0.2) is 9.97 Å². The Hall–Kier alpha value is -1.32. The van der Waals surface area contributed by atoms with E-state index in [1.54, 1.807) is 6.07 Å². The highest BCUT2D eigenvalue weighted by Crippen LogP contribution is 2.24. The standard InChI is InChI=1S/C16H19Cl2N3/c1-4-14-10(3)16(19-5-2)21-15(20-14)8-11-6-7-12(17)9-13(11)18/h6-7,9H,4-5,8H2,1-3H3,(H,19,20,21). The molecule has 0 unspecified atom stereocenters. The smallest absolute Gasteiger partial charge is 0.135 e. The number of nitrogens with one attached hydrogen (secondary N) is 1. The van der Waals surface area contributed by atoms with Crippen LogP contribution in [0.5, 0.6) is 0 Å². The van der Waals surface area contributed by atoms with Gasteiger partial charge in [0.1, 0.15) is 11.6 Å². The van der Waals surface area contributed by atoms with E-state index in [1.807, 2.05) is 12.1 Å². The Morgan fingerprint density at radius 2 is 1.90 bits per heavy atom. The second-order valence-corrected chi connectivity index (χ2v) is 5.70. The molecule has 1 heterocycles. The van der Waals surface area contributed by atoms with E-state index >= 15 is 0 Å². The Labute approximate surface area is 135 Å². The van der Waals surface area contributed by atoms with Crippen LogP contribution in [-0.2, 0) is 12.8 Å². The summed E-state index contributed by atoms with van der Waals surface area (Å²) in [6.07, 6.45) is 1.48. The summed E-state index contributed by atoms with van der Waals surface area (Å²) >= 11 is 12.2. The van der Waals surface area contributed by atoms with Gasteiger partial charge in [-0.2, -0.15) is 0 Å². The molecule has 0 saturated carbocycles. The van der Waals surface area contributed by atoms with E-state index in [2.05, 4.69) is 36.1 Å². The lowest BCUT2D eigenvalue weighted by atomic mass is 10.1. The normalized spacial score (nSPS) is 10.7. The number of rotatable bonds is 5.